The van der Waals surface area contributed by atoms with E-state index in [9.17, 15) is 21.6 Å². The molecule has 0 N–H and O–H groups in total. The Hall–Kier alpha value is -2.23. The van der Waals surface area contributed by atoms with E-state index in [2.05, 4.69) is 0 Å². The Morgan fingerprint density at radius 2 is 1.43 bits per heavy atom. The van der Waals surface area contributed by atoms with Crippen LogP contribution < -0.4 is 0 Å². The molecule has 7 nitrogen and oxygen atoms in total. The molecule has 1 atom stereocenters. The van der Waals surface area contributed by atoms with Gasteiger partial charge in [-0.3, -0.25) is 4.79 Å². The summed E-state index contributed by atoms with van der Waals surface area (Å²) in [6, 6.07) is 14.2. The Morgan fingerprint density at radius 3 is 2.07 bits per heavy atom. The highest BCUT2D eigenvalue weighted by atomic mass is 32.2. The van der Waals surface area contributed by atoms with E-state index in [0.29, 0.717) is 31.6 Å². The summed E-state index contributed by atoms with van der Waals surface area (Å²) in [6.07, 6.45) is 2.10. The topological polar surface area (TPSA) is 91.8 Å². The van der Waals surface area contributed by atoms with Crippen LogP contribution in [0, 0.1) is 0 Å². The zero-order valence-corrected chi connectivity index (χ0v) is 18.1. The van der Waals surface area contributed by atoms with Gasteiger partial charge in [0.1, 0.15) is 0 Å². The maximum absolute atomic E-state index is 12.8. The van der Waals surface area contributed by atoms with Gasteiger partial charge in [0.2, 0.25) is 10.0 Å². The average molecular weight is 449 g/mol. The summed E-state index contributed by atoms with van der Waals surface area (Å²) in [4.78, 5) is 14.8. The van der Waals surface area contributed by atoms with E-state index in [1.807, 2.05) is 0 Å². The largest absolute Gasteiger partial charge is 0.337 e. The predicted molar refractivity (Wildman–Crippen MR) is 112 cm³/mol. The minimum Gasteiger partial charge on any atom is -0.337 e. The van der Waals surface area contributed by atoms with E-state index in [0.717, 1.165) is 12.8 Å². The van der Waals surface area contributed by atoms with Crippen molar-refractivity contribution >= 4 is 25.8 Å². The Morgan fingerprint density at radius 1 is 0.800 bits per heavy atom. The summed E-state index contributed by atoms with van der Waals surface area (Å²) in [5, 5.41) is -0.640. The third kappa shape index (κ3) is 3.89. The van der Waals surface area contributed by atoms with Crippen molar-refractivity contribution in [3.05, 3.63) is 60.2 Å². The van der Waals surface area contributed by atoms with Crippen LogP contribution in [0.2, 0.25) is 0 Å². The molecule has 0 spiro atoms. The quantitative estimate of drug-likeness (QED) is 0.699. The molecule has 1 unspecified atom stereocenters. The molecule has 2 aromatic carbocycles. The summed E-state index contributed by atoms with van der Waals surface area (Å²) >= 11 is 0. The van der Waals surface area contributed by atoms with Crippen molar-refractivity contribution in [3.63, 3.8) is 0 Å². The maximum Gasteiger partial charge on any atom is 0.253 e. The Balaban J connectivity index is 1.47. The second-order valence-corrected chi connectivity index (χ2v) is 11.8. The number of likely N-dealkylation sites (tertiary alicyclic amines) is 1. The maximum atomic E-state index is 12.8. The van der Waals surface area contributed by atoms with E-state index in [-0.39, 0.29) is 22.2 Å². The molecule has 2 heterocycles. The van der Waals surface area contributed by atoms with Crippen LogP contribution in [0.4, 0.5) is 0 Å². The first-order chi connectivity index (χ1) is 14.3. The van der Waals surface area contributed by atoms with Gasteiger partial charge in [-0.15, -0.1) is 0 Å². The van der Waals surface area contributed by atoms with Crippen molar-refractivity contribution < 1.29 is 21.6 Å². The van der Waals surface area contributed by atoms with E-state index >= 15 is 0 Å². The van der Waals surface area contributed by atoms with Crippen LogP contribution in [0.1, 0.15) is 29.6 Å². The number of amides is 1. The van der Waals surface area contributed by atoms with Crippen LogP contribution in [0.5, 0.6) is 0 Å². The fraction of sp³-hybridized carbons (Fsp3) is 0.381. The minimum atomic E-state index is -3.53. The van der Waals surface area contributed by atoms with Crippen LogP contribution in [-0.2, 0) is 19.9 Å². The van der Waals surface area contributed by atoms with Crippen LogP contribution in [0.3, 0.4) is 0 Å². The number of benzene rings is 2. The molecule has 2 aliphatic heterocycles. The number of nitrogens with zero attached hydrogens (tertiary/aromatic N) is 2. The molecule has 0 radical (unpaired) electrons. The van der Waals surface area contributed by atoms with Crippen LogP contribution in [0.25, 0.3) is 0 Å². The zero-order valence-electron chi connectivity index (χ0n) is 16.5. The van der Waals surface area contributed by atoms with Gasteiger partial charge >= 0.3 is 0 Å². The molecule has 2 saturated heterocycles. The number of sulfone groups is 1. The van der Waals surface area contributed by atoms with Gasteiger partial charge in [-0.25, -0.2) is 16.8 Å². The molecule has 0 aliphatic carbocycles. The van der Waals surface area contributed by atoms with Gasteiger partial charge in [-0.2, -0.15) is 4.31 Å². The first-order valence-corrected chi connectivity index (χ1v) is 13.0. The standard InChI is InChI=1S/C21H24N2O5S2/c24-21(17-8-10-19(11-9-17)30(27,28)23-13-4-5-14-23)22-15-12-20(16-22)29(25,26)18-6-2-1-3-7-18/h1-3,6-11,20H,4-5,12-16H2. The molecule has 9 heteroatoms. The highest BCUT2D eigenvalue weighted by molar-refractivity contribution is 7.92. The number of sulfonamides is 1. The highest BCUT2D eigenvalue weighted by Gasteiger charge is 2.36. The smallest absolute Gasteiger partial charge is 0.253 e. The van der Waals surface area contributed by atoms with Crippen molar-refractivity contribution in [1.29, 1.82) is 0 Å². The normalized spacial score (nSPS) is 20.5. The molecule has 0 saturated carbocycles. The summed E-state index contributed by atoms with van der Waals surface area (Å²) in [5.74, 6) is -0.286. The second-order valence-electron chi connectivity index (χ2n) is 7.66. The van der Waals surface area contributed by atoms with Crippen molar-refractivity contribution in [2.24, 2.45) is 0 Å². The van der Waals surface area contributed by atoms with Crippen molar-refractivity contribution in [3.8, 4) is 0 Å². The number of carbonyl (C=O) groups excluding carboxylic acids is 1. The molecule has 2 fully saturated rings. The van der Waals surface area contributed by atoms with Gasteiger partial charge in [-0.05, 0) is 55.7 Å². The molecule has 30 heavy (non-hydrogen) atoms. The zero-order chi connectivity index (χ0) is 21.4. The fourth-order valence-corrected chi connectivity index (χ4v) is 7.23. The number of hydrogen-bond acceptors (Lipinski definition) is 5. The number of carbonyl (C=O) groups is 1. The van der Waals surface area contributed by atoms with E-state index < -0.39 is 25.1 Å². The molecule has 1 amide bonds. The van der Waals surface area contributed by atoms with Crippen molar-refractivity contribution in [1.82, 2.24) is 9.21 Å². The third-order valence-electron chi connectivity index (χ3n) is 5.75. The SMILES string of the molecule is O=C(c1ccc(S(=O)(=O)N2CCCC2)cc1)N1CCC(S(=O)(=O)c2ccccc2)C1. The summed E-state index contributed by atoms with van der Waals surface area (Å²) < 4.78 is 52.3. The monoisotopic (exact) mass is 448 g/mol. The Kier molecular flexibility index (Phi) is 5.69. The number of hydrogen-bond donors (Lipinski definition) is 0. The lowest BCUT2D eigenvalue weighted by atomic mass is 10.2. The van der Waals surface area contributed by atoms with E-state index in [1.165, 1.54) is 33.5 Å². The fourth-order valence-electron chi connectivity index (χ4n) is 4.00. The van der Waals surface area contributed by atoms with E-state index in [1.54, 1.807) is 30.3 Å². The van der Waals surface area contributed by atoms with Crippen LogP contribution in [0.15, 0.2) is 64.4 Å². The first-order valence-electron chi connectivity index (χ1n) is 9.98. The average Bonchev–Trinajstić information content (AvgIpc) is 3.47. The lowest BCUT2D eigenvalue weighted by molar-refractivity contribution is 0.0793. The molecule has 2 aliphatic rings. The van der Waals surface area contributed by atoms with Crippen LogP contribution >= 0.6 is 0 Å². The Bertz CT molecular complexity index is 1120. The van der Waals surface area contributed by atoms with Gasteiger partial charge in [0, 0.05) is 31.7 Å². The summed E-state index contributed by atoms with van der Waals surface area (Å²) in [5.41, 5.74) is 0.355. The molecular formula is C21H24N2O5S2. The van der Waals surface area contributed by atoms with Gasteiger partial charge in [0.15, 0.2) is 9.84 Å². The molecule has 4 rings (SSSR count). The molecular weight excluding hydrogens is 424 g/mol. The van der Waals surface area contributed by atoms with Crippen molar-refractivity contribution in [2.75, 3.05) is 26.2 Å². The lowest BCUT2D eigenvalue weighted by Crippen LogP contribution is -2.32. The van der Waals surface area contributed by atoms with Gasteiger partial charge in [-0.1, -0.05) is 18.2 Å². The van der Waals surface area contributed by atoms with Crippen molar-refractivity contribution in [2.45, 2.75) is 34.3 Å². The highest BCUT2D eigenvalue weighted by Crippen LogP contribution is 2.26. The predicted octanol–water partition coefficient (Wildman–Crippen LogP) is 2.16. The Labute approximate surface area is 177 Å². The van der Waals surface area contributed by atoms with E-state index in [4.69, 9.17) is 0 Å². The minimum absolute atomic E-state index is 0.129. The second kappa shape index (κ2) is 8.13. The molecule has 0 aromatic heterocycles. The summed E-state index contributed by atoms with van der Waals surface area (Å²) in [7, 11) is -7.03. The molecule has 160 valence electrons. The van der Waals surface area contributed by atoms with Gasteiger partial charge in [0.25, 0.3) is 5.91 Å². The first kappa shape index (κ1) is 21.0. The van der Waals surface area contributed by atoms with Gasteiger partial charge < -0.3 is 4.90 Å². The number of rotatable bonds is 5. The molecule has 2 aromatic rings. The molecule has 0 bridgehead atoms. The lowest BCUT2D eigenvalue weighted by Gasteiger charge is -2.18. The third-order valence-corrected chi connectivity index (χ3v) is 9.85. The summed E-state index contributed by atoms with van der Waals surface area (Å²) in [6.45, 7) is 1.52. The van der Waals surface area contributed by atoms with Gasteiger partial charge in [0.05, 0.1) is 15.0 Å². The van der Waals surface area contributed by atoms with Crippen LogP contribution in [-0.4, -0.2) is 63.4 Å².